The van der Waals surface area contributed by atoms with Crippen molar-refractivity contribution in [2.24, 2.45) is 0 Å². The van der Waals surface area contributed by atoms with Crippen LogP contribution in [0.25, 0.3) is 10.6 Å². The number of hydrogen-bond donors (Lipinski definition) is 2. The lowest BCUT2D eigenvalue weighted by molar-refractivity contribution is 0.0693. The normalized spacial score (nSPS) is 10.5. The molecule has 3 aromatic rings. The Labute approximate surface area is 151 Å². The summed E-state index contributed by atoms with van der Waals surface area (Å²) in [6, 6.07) is 10.9. The number of nitrogens with zero attached hydrogens (tertiary/aromatic N) is 1. The maximum Gasteiger partial charge on any atom is 0.339 e. The van der Waals surface area contributed by atoms with Crippen LogP contribution in [0.1, 0.15) is 10.4 Å². The van der Waals surface area contributed by atoms with Crippen molar-refractivity contribution < 1.29 is 19.0 Å². The van der Waals surface area contributed by atoms with E-state index < -0.39 is 5.97 Å². The molecule has 0 aliphatic heterocycles. The number of aromatic nitrogens is 1. The van der Waals surface area contributed by atoms with Gasteiger partial charge in [-0.3, -0.25) is 0 Å². The van der Waals surface area contributed by atoms with Crippen LogP contribution in [0.4, 0.5) is 10.1 Å². The Balaban J connectivity index is 1.70. The standard InChI is InChI=1S/C17H13FN2O3S2/c1-23-14-8-12(6-7-13(14)17(21)22)20-25-15-9-24-16(19-15)10-2-4-11(18)5-3-10/h2-9,20H,1H3,(H,21,22). The second-order valence-electron chi connectivity index (χ2n) is 4.92. The minimum atomic E-state index is -1.04. The summed E-state index contributed by atoms with van der Waals surface area (Å²) in [4.78, 5) is 15.6. The van der Waals surface area contributed by atoms with Gasteiger partial charge in [0.1, 0.15) is 27.2 Å². The Hall–Kier alpha value is -2.58. The van der Waals surface area contributed by atoms with Gasteiger partial charge in [0, 0.05) is 34.6 Å². The van der Waals surface area contributed by atoms with Crippen molar-refractivity contribution in [3.05, 3.63) is 59.2 Å². The van der Waals surface area contributed by atoms with Crippen LogP contribution in [0.2, 0.25) is 0 Å². The van der Waals surface area contributed by atoms with Crippen LogP contribution in [0, 0.1) is 5.82 Å². The van der Waals surface area contributed by atoms with Gasteiger partial charge < -0.3 is 14.6 Å². The summed E-state index contributed by atoms with van der Waals surface area (Å²) in [5.41, 5.74) is 1.65. The maximum atomic E-state index is 13.0. The van der Waals surface area contributed by atoms with Gasteiger partial charge >= 0.3 is 5.97 Å². The molecular formula is C17H13FN2O3S2. The van der Waals surface area contributed by atoms with Crippen LogP contribution in [-0.4, -0.2) is 23.2 Å². The lowest BCUT2D eigenvalue weighted by Crippen LogP contribution is -2.01. The van der Waals surface area contributed by atoms with E-state index in [1.54, 1.807) is 24.3 Å². The smallest absolute Gasteiger partial charge is 0.339 e. The minimum absolute atomic E-state index is 0.102. The minimum Gasteiger partial charge on any atom is -0.496 e. The fourth-order valence-electron chi connectivity index (χ4n) is 2.07. The molecule has 1 aromatic heterocycles. The zero-order valence-corrected chi connectivity index (χ0v) is 14.7. The maximum absolute atomic E-state index is 13.0. The molecule has 0 fully saturated rings. The summed E-state index contributed by atoms with van der Waals surface area (Å²) in [6.07, 6.45) is 0. The van der Waals surface area contributed by atoms with E-state index >= 15 is 0 Å². The third-order valence-electron chi connectivity index (χ3n) is 3.28. The molecule has 1 heterocycles. The summed E-state index contributed by atoms with van der Waals surface area (Å²) in [5.74, 6) is -1.04. The van der Waals surface area contributed by atoms with Gasteiger partial charge in [-0.15, -0.1) is 11.3 Å². The molecule has 0 atom stereocenters. The molecule has 0 aliphatic rings. The summed E-state index contributed by atoms with van der Waals surface area (Å²) in [6.45, 7) is 0. The topological polar surface area (TPSA) is 71.5 Å². The lowest BCUT2D eigenvalue weighted by Gasteiger charge is -2.08. The van der Waals surface area contributed by atoms with Gasteiger partial charge in [-0.05, 0) is 36.4 Å². The monoisotopic (exact) mass is 376 g/mol. The van der Waals surface area contributed by atoms with Crippen LogP contribution in [0.3, 0.4) is 0 Å². The molecule has 0 spiro atoms. The molecule has 2 aromatic carbocycles. The quantitative estimate of drug-likeness (QED) is 0.604. The van der Waals surface area contributed by atoms with Crippen molar-refractivity contribution in [1.29, 1.82) is 0 Å². The first-order valence-corrected chi connectivity index (χ1v) is 8.82. The molecule has 5 nitrogen and oxygen atoms in total. The summed E-state index contributed by atoms with van der Waals surface area (Å²) in [5, 5.41) is 12.5. The molecule has 0 radical (unpaired) electrons. The highest BCUT2D eigenvalue weighted by atomic mass is 32.2. The molecule has 8 heteroatoms. The number of carboxylic acids is 1. The average molecular weight is 376 g/mol. The fraction of sp³-hybridized carbons (Fsp3) is 0.0588. The average Bonchev–Trinajstić information content (AvgIpc) is 3.09. The zero-order chi connectivity index (χ0) is 17.8. The number of rotatable bonds is 6. The third kappa shape index (κ3) is 4.09. The number of halogens is 1. The Morgan fingerprint density at radius 3 is 2.72 bits per heavy atom. The van der Waals surface area contributed by atoms with Crippen molar-refractivity contribution >= 4 is 34.9 Å². The van der Waals surface area contributed by atoms with Crippen LogP contribution >= 0.6 is 23.3 Å². The van der Waals surface area contributed by atoms with E-state index in [0.29, 0.717) is 5.69 Å². The second kappa shape index (κ2) is 7.54. The van der Waals surface area contributed by atoms with E-state index in [-0.39, 0.29) is 17.1 Å². The second-order valence-corrected chi connectivity index (χ2v) is 6.61. The first-order chi connectivity index (χ1) is 12.1. The van der Waals surface area contributed by atoms with E-state index in [2.05, 4.69) is 9.71 Å². The van der Waals surface area contributed by atoms with Crippen LogP contribution < -0.4 is 9.46 Å². The summed E-state index contributed by atoms with van der Waals surface area (Å²) in [7, 11) is 1.42. The van der Waals surface area contributed by atoms with E-state index in [1.165, 1.54) is 48.6 Å². The van der Waals surface area contributed by atoms with Crippen molar-refractivity contribution in [2.75, 3.05) is 11.8 Å². The lowest BCUT2D eigenvalue weighted by atomic mass is 10.2. The molecule has 0 unspecified atom stereocenters. The fourth-order valence-corrected chi connectivity index (χ4v) is 3.64. The van der Waals surface area contributed by atoms with Crippen molar-refractivity contribution in [1.82, 2.24) is 4.98 Å². The van der Waals surface area contributed by atoms with E-state index in [4.69, 9.17) is 9.84 Å². The number of hydrogen-bond acceptors (Lipinski definition) is 6. The molecule has 25 heavy (non-hydrogen) atoms. The van der Waals surface area contributed by atoms with E-state index in [9.17, 15) is 9.18 Å². The van der Waals surface area contributed by atoms with Gasteiger partial charge in [-0.1, -0.05) is 0 Å². The van der Waals surface area contributed by atoms with E-state index in [0.717, 1.165) is 15.6 Å². The van der Waals surface area contributed by atoms with Crippen molar-refractivity contribution in [2.45, 2.75) is 5.03 Å². The number of carbonyl (C=O) groups is 1. The molecule has 0 saturated carbocycles. The zero-order valence-electron chi connectivity index (χ0n) is 13.0. The Morgan fingerprint density at radius 2 is 2.04 bits per heavy atom. The number of aromatic carboxylic acids is 1. The molecular weight excluding hydrogens is 363 g/mol. The predicted molar refractivity (Wildman–Crippen MR) is 96.9 cm³/mol. The van der Waals surface area contributed by atoms with Crippen LogP contribution in [0.15, 0.2) is 52.9 Å². The first kappa shape index (κ1) is 17.2. The molecule has 0 saturated heterocycles. The first-order valence-electron chi connectivity index (χ1n) is 7.12. The van der Waals surface area contributed by atoms with Gasteiger partial charge in [-0.2, -0.15) is 0 Å². The van der Waals surface area contributed by atoms with Gasteiger partial charge in [0.05, 0.1) is 7.11 Å². The van der Waals surface area contributed by atoms with Gasteiger partial charge in [-0.25, -0.2) is 14.2 Å². The van der Waals surface area contributed by atoms with E-state index in [1.807, 2.05) is 5.38 Å². The number of thiazole rings is 1. The molecule has 0 amide bonds. The summed E-state index contributed by atoms with van der Waals surface area (Å²) < 4.78 is 21.2. The highest BCUT2D eigenvalue weighted by Gasteiger charge is 2.12. The van der Waals surface area contributed by atoms with Crippen molar-refractivity contribution in [3.8, 4) is 16.3 Å². The number of anilines is 1. The Morgan fingerprint density at radius 1 is 1.28 bits per heavy atom. The third-order valence-corrected chi connectivity index (χ3v) is 5.08. The van der Waals surface area contributed by atoms with Crippen LogP contribution in [-0.2, 0) is 0 Å². The van der Waals surface area contributed by atoms with Crippen molar-refractivity contribution in [3.63, 3.8) is 0 Å². The van der Waals surface area contributed by atoms with Gasteiger partial charge in [0.25, 0.3) is 0 Å². The molecule has 0 bridgehead atoms. The molecule has 128 valence electrons. The van der Waals surface area contributed by atoms with Gasteiger partial charge in [0.2, 0.25) is 0 Å². The summed E-state index contributed by atoms with van der Waals surface area (Å²) >= 11 is 2.76. The highest BCUT2D eigenvalue weighted by molar-refractivity contribution is 8.00. The van der Waals surface area contributed by atoms with Gasteiger partial charge in [0.15, 0.2) is 0 Å². The number of nitrogens with one attached hydrogen (secondary N) is 1. The molecule has 2 N–H and O–H groups in total. The SMILES string of the molecule is COc1cc(NSc2csc(-c3ccc(F)cc3)n2)ccc1C(=O)O. The number of carboxylic acid groups (broad SMARTS) is 1. The molecule has 0 aliphatic carbocycles. The Bertz CT molecular complexity index is 897. The van der Waals surface area contributed by atoms with Crippen LogP contribution in [0.5, 0.6) is 5.75 Å². The Kier molecular flexibility index (Phi) is 5.20. The largest absolute Gasteiger partial charge is 0.496 e. The number of ether oxygens (including phenoxy) is 1. The molecule has 3 rings (SSSR count). The number of methoxy groups -OCH3 is 1. The highest BCUT2D eigenvalue weighted by Crippen LogP contribution is 2.30. The number of benzene rings is 2. The predicted octanol–water partition coefficient (Wildman–Crippen LogP) is 4.78.